The molecular formula is C17H18Cl2N4O2. The zero-order valence-corrected chi connectivity index (χ0v) is 15.2. The summed E-state index contributed by atoms with van der Waals surface area (Å²) >= 11 is 11.9. The zero-order chi connectivity index (χ0) is 17.8. The highest BCUT2D eigenvalue weighted by atomic mass is 35.5. The van der Waals surface area contributed by atoms with Gasteiger partial charge in [-0.1, -0.05) is 23.2 Å². The largest absolute Gasteiger partial charge is 0.376 e. The second-order valence-electron chi connectivity index (χ2n) is 5.81. The number of rotatable bonds is 5. The van der Waals surface area contributed by atoms with E-state index < -0.39 is 0 Å². The summed E-state index contributed by atoms with van der Waals surface area (Å²) in [5.74, 6) is 0.743. The first-order valence-electron chi connectivity index (χ1n) is 7.98. The average molecular weight is 381 g/mol. The average Bonchev–Trinajstić information content (AvgIpc) is 3.05. The maximum absolute atomic E-state index is 12.5. The minimum atomic E-state index is -0.357. The topological polar surface area (TPSA) is 76.1 Å². The molecule has 1 aromatic heterocycles. The Hall–Kier alpha value is -1.89. The number of nitrogens with zero attached hydrogens (tertiary/aromatic N) is 2. The molecule has 25 heavy (non-hydrogen) atoms. The number of aryl methyl sites for hydroxylation is 1. The number of benzene rings is 1. The third kappa shape index (κ3) is 5.04. The molecule has 3 rings (SSSR count). The molecule has 1 saturated heterocycles. The van der Waals surface area contributed by atoms with E-state index in [1.807, 2.05) is 0 Å². The molecule has 132 valence electrons. The number of amides is 1. The smallest absolute Gasteiger partial charge is 0.274 e. The molecule has 1 aromatic carbocycles. The van der Waals surface area contributed by atoms with Crippen LogP contribution in [0.4, 0.5) is 11.5 Å². The van der Waals surface area contributed by atoms with Crippen molar-refractivity contribution in [3.8, 4) is 0 Å². The van der Waals surface area contributed by atoms with Crippen molar-refractivity contribution in [3.63, 3.8) is 0 Å². The number of ether oxygens (including phenoxy) is 1. The van der Waals surface area contributed by atoms with Gasteiger partial charge in [-0.3, -0.25) is 4.79 Å². The molecule has 0 aliphatic carbocycles. The summed E-state index contributed by atoms with van der Waals surface area (Å²) in [6, 6.07) is 6.45. The van der Waals surface area contributed by atoms with Gasteiger partial charge in [0.05, 0.1) is 6.10 Å². The predicted octanol–water partition coefficient (Wildman–Crippen LogP) is 3.94. The first-order valence-corrected chi connectivity index (χ1v) is 8.74. The lowest BCUT2D eigenvalue weighted by Gasteiger charge is -2.12. The Balaban J connectivity index is 1.70. The fraction of sp³-hybridized carbons (Fsp3) is 0.353. The van der Waals surface area contributed by atoms with Gasteiger partial charge in [0.25, 0.3) is 5.91 Å². The minimum Gasteiger partial charge on any atom is -0.376 e. The van der Waals surface area contributed by atoms with Gasteiger partial charge in [-0.15, -0.1) is 0 Å². The monoisotopic (exact) mass is 380 g/mol. The SMILES string of the molecule is Cc1nc(NCC2CCCO2)cc(C(=O)Nc2cc(Cl)cc(Cl)c2)n1. The summed E-state index contributed by atoms with van der Waals surface area (Å²) in [6.07, 6.45) is 2.28. The molecule has 0 spiro atoms. The van der Waals surface area contributed by atoms with Gasteiger partial charge in [-0.05, 0) is 38.0 Å². The summed E-state index contributed by atoms with van der Waals surface area (Å²) in [5.41, 5.74) is 0.770. The maximum Gasteiger partial charge on any atom is 0.274 e. The number of aromatic nitrogens is 2. The van der Waals surface area contributed by atoms with Crippen molar-refractivity contribution in [2.24, 2.45) is 0 Å². The number of hydrogen-bond donors (Lipinski definition) is 2. The fourth-order valence-corrected chi connectivity index (χ4v) is 3.15. The van der Waals surface area contributed by atoms with Crippen molar-refractivity contribution in [3.05, 3.63) is 45.8 Å². The number of carbonyl (C=O) groups is 1. The Morgan fingerprint density at radius 2 is 2.00 bits per heavy atom. The van der Waals surface area contributed by atoms with E-state index in [0.717, 1.165) is 19.4 Å². The van der Waals surface area contributed by atoms with E-state index in [4.69, 9.17) is 27.9 Å². The first kappa shape index (κ1) is 17.9. The highest BCUT2D eigenvalue weighted by Crippen LogP contribution is 2.23. The zero-order valence-electron chi connectivity index (χ0n) is 13.7. The number of anilines is 2. The van der Waals surface area contributed by atoms with Crippen LogP contribution in [0.2, 0.25) is 10.0 Å². The van der Waals surface area contributed by atoms with Gasteiger partial charge in [0.2, 0.25) is 0 Å². The quantitative estimate of drug-likeness (QED) is 0.821. The summed E-state index contributed by atoms with van der Waals surface area (Å²) < 4.78 is 5.57. The van der Waals surface area contributed by atoms with Crippen LogP contribution in [0, 0.1) is 6.92 Å². The van der Waals surface area contributed by atoms with E-state index in [1.165, 1.54) is 0 Å². The van der Waals surface area contributed by atoms with Crippen LogP contribution in [0.15, 0.2) is 24.3 Å². The van der Waals surface area contributed by atoms with Crippen molar-refractivity contribution >= 4 is 40.6 Å². The molecule has 1 fully saturated rings. The van der Waals surface area contributed by atoms with Crippen molar-refractivity contribution in [1.82, 2.24) is 9.97 Å². The Labute approximate surface area is 155 Å². The standard InChI is InChI=1S/C17H18Cl2N4O2/c1-10-21-15(8-16(22-10)20-9-14-3-2-4-25-14)17(24)23-13-6-11(18)5-12(19)7-13/h5-8,14H,2-4,9H2,1H3,(H,23,24)(H,20,21,22). The molecular weight excluding hydrogens is 363 g/mol. The van der Waals surface area contributed by atoms with E-state index in [0.29, 0.717) is 33.9 Å². The molecule has 1 aliphatic rings. The highest BCUT2D eigenvalue weighted by Gasteiger charge is 2.16. The van der Waals surface area contributed by atoms with Crippen LogP contribution >= 0.6 is 23.2 Å². The van der Waals surface area contributed by atoms with Crippen LogP contribution in [0.3, 0.4) is 0 Å². The summed E-state index contributed by atoms with van der Waals surface area (Å²) in [5, 5.41) is 6.84. The van der Waals surface area contributed by atoms with E-state index in [9.17, 15) is 4.79 Å². The molecule has 0 bridgehead atoms. The molecule has 2 heterocycles. The third-order valence-electron chi connectivity index (χ3n) is 3.73. The van der Waals surface area contributed by atoms with Crippen LogP contribution < -0.4 is 10.6 Å². The maximum atomic E-state index is 12.5. The molecule has 1 atom stereocenters. The predicted molar refractivity (Wildman–Crippen MR) is 98.6 cm³/mol. The second-order valence-corrected chi connectivity index (χ2v) is 6.69. The Kier molecular flexibility index (Phi) is 5.73. The van der Waals surface area contributed by atoms with Crippen LogP contribution in [-0.2, 0) is 4.74 Å². The van der Waals surface area contributed by atoms with Crippen molar-refractivity contribution in [2.45, 2.75) is 25.9 Å². The molecule has 1 aliphatic heterocycles. The van der Waals surface area contributed by atoms with Gasteiger partial charge in [-0.2, -0.15) is 0 Å². The van der Waals surface area contributed by atoms with Gasteiger partial charge in [0, 0.05) is 35.0 Å². The lowest BCUT2D eigenvalue weighted by Crippen LogP contribution is -2.20. The van der Waals surface area contributed by atoms with E-state index in [2.05, 4.69) is 20.6 Å². The molecule has 0 radical (unpaired) electrons. The van der Waals surface area contributed by atoms with Crippen LogP contribution in [0.1, 0.15) is 29.2 Å². The third-order valence-corrected chi connectivity index (χ3v) is 4.16. The number of nitrogens with one attached hydrogen (secondary N) is 2. The molecule has 6 nitrogen and oxygen atoms in total. The van der Waals surface area contributed by atoms with Gasteiger partial charge >= 0.3 is 0 Å². The number of hydrogen-bond acceptors (Lipinski definition) is 5. The van der Waals surface area contributed by atoms with Crippen molar-refractivity contribution in [1.29, 1.82) is 0 Å². The van der Waals surface area contributed by atoms with Crippen LogP contribution in [0.5, 0.6) is 0 Å². The molecule has 0 saturated carbocycles. The normalized spacial score (nSPS) is 16.7. The summed E-state index contributed by atoms with van der Waals surface area (Å²) in [7, 11) is 0. The van der Waals surface area contributed by atoms with Crippen LogP contribution in [-0.4, -0.2) is 35.1 Å². The molecule has 1 amide bonds. The van der Waals surface area contributed by atoms with E-state index in [-0.39, 0.29) is 17.7 Å². The Morgan fingerprint density at radius 1 is 1.24 bits per heavy atom. The second kappa shape index (κ2) is 7.99. The van der Waals surface area contributed by atoms with Gasteiger partial charge in [0.1, 0.15) is 17.3 Å². The highest BCUT2D eigenvalue weighted by molar-refractivity contribution is 6.35. The lowest BCUT2D eigenvalue weighted by atomic mass is 10.2. The molecule has 1 unspecified atom stereocenters. The van der Waals surface area contributed by atoms with Gasteiger partial charge in [-0.25, -0.2) is 9.97 Å². The van der Waals surface area contributed by atoms with Gasteiger partial charge in [0.15, 0.2) is 0 Å². The van der Waals surface area contributed by atoms with E-state index in [1.54, 1.807) is 31.2 Å². The summed E-state index contributed by atoms with van der Waals surface area (Å²) in [6.45, 7) is 3.19. The lowest BCUT2D eigenvalue weighted by molar-refractivity contribution is 0.102. The number of halogens is 2. The van der Waals surface area contributed by atoms with Crippen molar-refractivity contribution in [2.75, 3.05) is 23.8 Å². The summed E-state index contributed by atoms with van der Waals surface area (Å²) in [4.78, 5) is 21.0. The molecule has 8 heteroatoms. The molecule has 2 aromatic rings. The number of carbonyl (C=O) groups excluding carboxylic acids is 1. The Bertz CT molecular complexity index is 759. The van der Waals surface area contributed by atoms with Gasteiger partial charge < -0.3 is 15.4 Å². The van der Waals surface area contributed by atoms with Crippen molar-refractivity contribution < 1.29 is 9.53 Å². The molecule has 2 N–H and O–H groups in total. The minimum absolute atomic E-state index is 0.182. The van der Waals surface area contributed by atoms with E-state index >= 15 is 0 Å². The van der Waals surface area contributed by atoms with Crippen LogP contribution in [0.25, 0.3) is 0 Å². The fourth-order valence-electron chi connectivity index (χ4n) is 2.62. The first-order chi connectivity index (χ1) is 12.0. The Morgan fingerprint density at radius 3 is 2.68 bits per heavy atom.